The van der Waals surface area contributed by atoms with Crippen molar-refractivity contribution >= 4 is 12.1 Å². The third-order valence-corrected chi connectivity index (χ3v) is 3.23. The van der Waals surface area contributed by atoms with Crippen molar-refractivity contribution in [3.8, 4) is 11.3 Å². The van der Waals surface area contributed by atoms with Crippen molar-refractivity contribution in [2.45, 2.75) is 6.92 Å². The lowest BCUT2D eigenvalue weighted by atomic mass is 10.1. The Bertz CT molecular complexity index is 822. The molecule has 0 saturated heterocycles. The van der Waals surface area contributed by atoms with Crippen LogP contribution in [0.3, 0.4) is 0 Å². The molecule has 0 fully saturated rings. The Labute approximate surface area is 133 Å². The van der Waals surface area contributed by atoms with E-state index < -0.39 is 0 Å². The molecule has 0 spiro atoms. The third-order valence-electron chi connectivity index (χ3n) is 3.23. The van der Waals surface area contributed by atoms with Gasteiger partial charge in [0.25, 0.3) is 5.91 Å². The van der Waals surface area contributed by atoms with Gasteiger partial charge < -0.3 is 0 Å². The summed E-state index contributed by atoms with van der Waals surface area (Å²) in [5, 5.41) is 10.8. The van der Waals surface area contributed by atoms with Gasteiger partial charge in [0.15, 0.2) is 0 Å². The number of aryl methyl sites for hydroxylation is 1. The average molecular weight is 305 g/mol. The van der Waals surface area contributed by atoms with Gasteiger partial charge in [0.05, 0.1) is 11.9 Å². The number of carbonyl (C=O) groups is 1. The summed E-state index contributed by atoms with van der Waals surface area (Å²) >= 11 is 0. The van der Waals surface area contributed by atoms with Crippen molar-refractivity contribution in [2.75, 3.05) is 0 Å². The Morgan fingerprint density at radius 1 is 1.26 bits per heavy atom. The van der Waals surface area contributed by atoms with E-state index in [9.17, 15) is 4.79 Å². The van der Waals surface area contributed by atoms with Crippen LogP contribution < -0.4 is 5.43 Å². The van der Waals surface area contributed by atoms with Crippen LogP contribution in [0, 0.1) is 6.92 Å². The van der Waals surface area contributed by atoms with Gasteiger partial charge in [0, 0.05) is 23.5 Å². The highest BCUT2D eigenvalue weighted by Gasteiger charge is 2.10. The fourth-order valence-corrected chi connectivity index (χ4v) is 1.99. The van der Waals surface area contributed by atoms with Crippen molar-refractivity contribution in [2.24, 2.45) is 5.10 Å². The summed E-state index contributed by atoms with van der Waals surface area (Å²) in [4.78, 5) is 16.0. The number of hydrogen-bond donors (Lipinski definition) is 2. The molecule has 2 heterocycles. The summed E-state index contributed by atoms with van der Waals surface area (Å²) in [5.74, 6) is -0.351. The fourth-order valence-electron chi connectivity index (χ4n) is 1.99. The first-order chi connectivity index (χ1) is 11.2. The number of hydrazone groups is 1. The summed E-state index contributed by atoms with van der Waals surface area (Å²) in [6, 6.07) is 13.3. The third kappa shape index (κ3) is 3.68. The molecule has 0 aliphatic rings. The lowest BCUT2D eigenvalue weighted by Crippen LogP contribution is -2.18. The molecule has 0 radical (unpaired) electrons. The topological polar surface area (TPSA) is 83.0 Å². The minimum Gasteiger partial charge on any atom is -0.272 e. The number of amides is 1. The summed E-state index contributed by atoms with van der Waals surface area (Å²) in [5.41, 5.74) is 6.44. The fraction of sp³-hybridized carbons (Fsp3) is 0.0588. The zero-order valence-electron chi connectivity index (χ0n) is 12.5. The minimum atomic E-state index is -0.351. The van der Waals surface area contributed by atoms with Crippen molar-refractivity contribution in [1.82, 2.24) is 20.6 Å². The number of aromatic nitrogens is 3. The van der Waals surface area contributed by atoms with Crippen LogP contribution in [0.25, 0.3) is 11.3 Å². The quantitative estimate of drug-likeness (QED) is 0.574. The molecule has 0 aliphatic carbocycles. The van der Waals surface area contributed by atoms with Gasteiger partial charge in [-0.2, -0.15) is 10.2 Å². The molecule has 114 valence electrons. The van der Waals surface area contributed by atoms with Crippen LogP contribution in [0.1, 0.15) is 21.6 Å². The van der Waals surface area contributed by atoms with Crippen LogP contribution in [0.2, 0.25) is 0 Å². The number of hydrogen-bond acceptors (Lipinski definition) is 4. The minimum absolute atomic E-state index is 0.351. The summed E-state index contributed by atoms with van der Waals surface area (Å²) in [6.07, 6.45) is 4.86. The second-order valence-corrected chi connectivity index (χ2v) is 5.02. The van der Waals surface area contributed by atoms with Crippen LogP contribution in [-0.4, -0.2) is 27.3 Å². The molecular formula is C17H15N5O. The van der Waals surface area contributed by atoms with E-state index in [0.717, 1.165) is 11.1 Å². The number of rotatable bonds is 4. The van der Waals surface area contributed by atoms with Crippen LogP contribution in [0.4, 0.5) is 0 Å². The average Bonchev–Trinajstić information content (AvgIpc) is 3.06. The molecule has 0 saturated carbocycles. The van der Waals surface area contributed by atoms with Crippen molar-refractivity contribution in [3.63, 3.8) is 0 Å². The van der Waals surface area contributed by atoms with E-state index in [4.69, 9.17) is 0 Å². The molecule has 1 amide bonds. The Hall–Kier alpha value is -3.28. The van der Waals surface area contributed by atoms with Crippen molar-refractivity contribution in [3.05, 3.63) is 71.7 Å². The predicted molar refractivity (Wildman–Crippen MR) is 88.1 cm³/mol. The first-order valence-electron chi connectivity index (χ1n) is 7.08. The van der Waals surface area contributed by atoms with Crippen LogP contribution in [0.15, 0.2) is 60.0 Å². The van der Waals surface area contributed by atoms with Crippen LogP contribution in [0.5, 0.6) is 0 Å². The highest BCUT2D eigenvalue weighted by molar-refractivity contribution is 5.94. The molecule has 23 heavy (non-hydrogen) atoms. The number of pyridine rings is 1. The van der Waals surface area contributed by atoms with Crippen LogP contribution in [-0.2, 0) is 0 Å². The van der Waals surface area contributed by atoms with E-state index in [1.54, 1.807) is 24.5 Å². The number of benzene rings is 1. The second kappa shape index (κ2) is 6.65. The van der Waals surface area contributed by atoms with E-state index in [0.29, 0.717) is 11.4 Å². The van der Waals surface area contributed by atoms with E-state index in [1.165, 1.54) is 11.8 Å². The zero-order valence-corrected chi connectivity index (χ0v) is 12.5. The van der Waals surface area contributed by atoms with Gasteiger partial charge >= 0.3 is 0 Å². The van der Waals surface area contributed by atoms with E-state index in [1.807, 2.05) is 37.3 Å². The first-order valence-corrected chi connectivity index (χ1v) is 7.08. The Kier molecular flexibility index (Phi) is 4.24. The molecule has 0 atom stereocenters. The van der Waals surface area contributed by atoms with Gasteiger partial charge in [-0.25, -0.2) is 5.43 Å². The maximum atomic E-state index is 12.0. The molecule has 0 unspecified atom stereocenters. The van der Waals surface area contributed by atoms with Gasteiger partial charge in [0.2, 0.25) is 0 Å². The SMILES string of the molecule is Cc1ccc(-c2cc(C(=O)N/N=C/c3cccnc3)[nH]n2)cc1. The number of carbonyl (C=O) groups excluding carboxylic acids is 1. The standard InChI is InChI=1S/C17H15N5O/c1-12-4-6-14(7-5-12)15-9-16(21-20-15)17(23)22-19-11-13-3-2-8-18-10-13/h2-11H,1H3,(H,20,21)(H,22,23)/b19-11+. The normalized spacial score (nSPS) is 10.8. The van der Waals surface area contributed by atoms with Gasteiger partial charge in [-0.1, -0.05) is 35.9 Å². The lowest BCUT2D eigenvalue weighted by Gasteiger charge is -1.96. The van der Waals surface area contributed by atoms with Gasteiger partial charge in [-0.05, 0) is 19.1 Å². The smallest absolute Gasteiger partial charge is 0.272 e. The van der Waals surface area contributed by atoms with Gasteiger partial charge in [-0.15, -0.1) is 0 Å². The van der Waals surface area contributed by atoms with E-state index in [-0.39, 0.29) is 5.91 Å². The Morgan fingerprint density at radius 3 is 2.83 bits per heavy atom. The van der Waals surface area contributed by atoms with Crippen molar-refractivity contribution < 1.29 is 4.79 Å². The second-order valence-electron chi connectivity index (χ2n) is 5.02. The molecule has 6 nitrogen and oxygen atoms in total. The largest absolute Gasteiger partial charge is 0.289 e. The maximum absolute atomic E-state index is 12.0. The molecule has 1 aromatic carbocycles. The molecular weight excluding hydrogens is 290 g/mol. The molecule has 2 aromatic heterocycles. The highest BCUT2D eigenvalue weighted by Crippen LogP contribution is 2.18. The molecule has 3 rings (SSSR count). The molecule has 2 N–H and O–H groups in total. The van der Waals surface area contributed by atoms with E-state index >= 15 is 0 Å². The predicted octanol–water partition coefficient (Wildman–Crippen LogP) is 2.54. The first kappa shape index (κ1) is 14.6. The molecule has 3 aromatic rings. The van der Waals surface area contributed by atoms with E-state index in [2.05, 4.69) is 25.7 Å². The number of nitrogens with one attached hydrogen (secondary N) is 2. The Morgan fingerprint density at radius 2 is 2.09 bits per heavy atom. The van der Waals surface area contributed by atoms with Gasteiger partial charge in [-0.3, -0.25) is 14.9 Å². The summed E-state index contributed by atoms with van der Waals surface area (Å²) in [6.45, 7) is 2.02. The summed E-state index contributed by atoms with van der Waals surface area (Å²) in [7, 11) is 0. The zero-order chi connectivity index (χ0) is 16.1. The number of aromatic amines is 1. The molecule has 0 aliphatic heterocycles. The van der Waals surface area contributed by atoms with Crippen LogP contribution >= 0.6 is 0 Å². The lowest BCUT2D eigenvalue weighted by molar-refractivity contribution is 0.0950. The monoisotopic (exact) mass is 305 g/mol. The molecule has 6 heteroatoms. The maximum Gasteiger partial charge on any atom is 0.289 e. The van der Waals surface area contributed by atoms with Crippen molar-refractivity contribution in [1.29, 1.82) is 0 Å². The summed E-state index contributed by atoms with van der Waals surface area (Å²) < 4.78 is 0. The molecule has 0 bridgehead atoms. The van der Waals surface area contributed by atoms with Gasteiger partial charge in [0.1, 0.15) is 5.69 Å². The Balaban J connectivity index is 1.67. The number of nitrogens with zero attached hydrogens (tertiary/aromatic N) is 3. The highest BCUT2D eigenvalue weighted by atomic mass is 16.2. The number of H-pyrrole nitrogens is 1.